The zero-order valence-corrected chi connectivity index (χ0v) is 13.6. The number of hydrogen-bond donors (Lipinski definition) is 1. The molecule has 0 spiro atoms. The van der Waals surface area contributed by atoms with Crippen molar-refractivity contribution in [2.24, 2.45) is 11.3 Å². The minimum Gasteiger partial charge on any atom is -1.00 e. The maximum Gasteiger partial charge on any atom is 0.139 e. The first-order valence-corrected chi connectivity index (χ1v) is 7.43. The molecule has 1 N–H and O–H groups in total. The third-order valence-electron chi connectivity index (χ3n) is 3.97. The predicted octanol–water partition coefficient (Wildman–Crippen LogP) is -0.617. The second kappa shape index (κ2) is 7.72. The zero-order chi connectivity index (χ0) is 13.7. The van der Waals surface area contributed by atoms with Gasteiger partial charge in [-0.05, 0) is 36.8 Å². The van der Waals surface area contributed by atoms with Gasteiger partial charge in [0.2, 0.25) is 0 Å². The Morgan fingerprint density at radius 1 is 1.25 bits per heavy atom. The van der Waals surface area contributed by atoms with Crippen LogP contribution in [0.1, 0.15) is 39.2 Å². The maximum atomic E-state index is 3.36. The van der Waals surface area contributed by atoms with Crippen LogP contribution in [-0.4, -0.2) is 19.6 Å². The molecule has 1 saturated heterocycles. The van der Waals surface area contributed by atoms with Crippen LogP contribution in [0.2, 0.25) is 0 Å². The van der Waals surface area contributed by atoms with E-state index in [0.717, 1.165) is 18.0 Å². The van der Waals surface area contributed by atoms with Crippen LogP contribution >= 0.6 is 0 Å². The Bertz CT molecular complexity index is 455. The quantitative estimate of drug-likeness (QED) is 0.658. The SMILES string of the molecule is CC1CC[NH+](CC#Cc2ccccc2)CC(C)(C)C1.[Cl-]. The lowest BCUT2D eigenvalue weighted by atomic mass is 9.83. The summed E-state index contributed by atoms with van der Waals surface area (Å²) in [6.07, 6.45) is 2.69. The Morgan fingerprint density at radius 3 is 2.65 bits per heavy atom. The van der Waals surface area contributed by atoms with Gasteiger partial charge in [0.25, 0.3) is 0 Å². The summed E-state index contributed by atoms with van der Waals surface area (Å²) in [5.74, 6) is 7.50. The van der Waals surface area contributed by atoms with E-state index in [0.29, 0.717) is 5.41 Å². The molecule has 0 amide bonds. The summed E-state index contributed by atoms with van der Waals surface area (Å²) < 4.78 is 0. The third kappa shape index (κ3) is 5.57. The van der Waals surface area contributed by atoms with Crippen molar-refractivity contribution in [1.29, 1.82) is 0 Å². The molecule has 2 unspecified atom stereocenters. The van der Waals surface area contributed by atoms with Crippen molar-refractivity contribution in [2.75, 3.05) is 19.6 Å². The van der Waals surface area contributed by atoms with E-state index in [1.807, 2.05) is 18.2 Å². The minimum atomic E-state index is 0. The first kappa shape index (κ1) is 17.1. The lowest BCUT2D eigenvalue weighted by Gasteiger charge is -2.26. The van der Waals surface area contributed by atoms with Crippen LogP contribution in [0.3, 0.4) is 0 Å². The van der Waals surface area contributed by atoms with Gasteiger partial charge in [-0.25, -0.2) is 0 Å². The molecule has 1 aromatic rings. The number of benzene rings is 1. The summed E-state index contributed by atoms with van der Waals surface area (Å²) in [5.41, 5.74) is 1.59. The molecule has 1 nitrogen and oxygen atoms in total. The van der Waals surface area contributed by atoms with E-state index in [4.69, 9.17) is 0 Å². The molecule has 2 heteroatoms. The first-order chi connectivity index (χ1) is 9.05. The molecule has 1 heterocycles. The molecule has 20 heavy (non-hydrogen) atoms. The Hall–Kier alpha value is -0.970. The molecule has 0 radical (unpaired) electrons. The van der Waals surface area contributed by atoms with Gasteiger partial charge >= 0.3 is 0 Å². The first-order valence-electron chi connectivity index (χ1n) is 7.43. The highest BCUT2D eigenvalue weighted by Crippen LogP contribution is 2.26. The van der Waals surface area contributed by atoms with Gasteiger partial charge in [-0.15, -0.1) is 0 Å². The predicted molar refractivity (Wildman–Crippen MR) is 81.1 cm³/mol. The molecule has 110 valence electrons. The van der Waals surface area contributed by atoms with Gasteiger partial charge in [0.15, 0.2) is 0 Å². The molecule has 0 aromatic heterocycles. The lowest BCUT2D eigenvalue weighted by molar-refractivity contribution is -0.898. The molecule has 2 rings (SSSR count). The van der Waals surface area contributed by atoms with Crippen LogP contribution in [0.25, 0.3) is 0 Å². The normalized spacial score (nSPS) is 24.8. The van der Waals surface area contributed by atoms with Gasteiger partial charge in [-0.1, -0.05) is 44.9 Å². The van der Waals surface area contributed by atoms with Gasteiger partial charge in [-0.3, -0.25) is 0 Å². The minimum absolute atomic E-state index is 0. The molecular weight excluding hydrogens is 266 g/mol. The summed E-state index contributed by atoms with van der Waals surface area (Å²) in [5, 5.41) is 0. The van der Waals surface area contributed by atoms with Crippen molar-refractivity contribution < 1.29 is 17.3 Å². The average molecular weight is 292 g/mol. The number of quaternary nitrogens is 1. The number of likely N-dealkylation sites (tertiary alicyclic amines) is 1. The highest BCUT2D eigenvalue weighted by molar-refractivity contribution is 5.33. The van der Waals surface area contributed by atoms with Crippen LogP contribution in [0, 0.1) is 23.2 Å². The van der Waals surface area contributed by atoms with E-state index in [9.17, 15) is 0 Å². The number of hydrogen-bond acceptors (Lipinski definition) is 0. The molecule has 1 aliphatic heterocycles. The summed E-state index contributed by atoms with van der Waals surface area (Å²) in [4.78, 5) is 1.65. The summed E-state index contributed by atoms with van der Waals surface area (Å²) >= 11 is 0. The van der Waals surface area contributed by atoms with Crippen molar-refractivity contribution in [3.05, 3.63) is 35.9 Å². The van der Waals surface area contributed by atoms with Gasteiger partial charge in [0, 0.05) is 11.0 Å². The molecule has 0 aliphatic carbocycles. The molecule has 0 bridgehead atoms. The second-order valence-corrected chi connectivity index (χ2v) is 6.78. The molecule has 1 aliphatic rings. The van der Waals surface area contributed by atoms with E-state index >= 15 is 0 Å². The van der Waals surface area contributed by atoms with E-state index < -0.39 is 0 Å². The van der Waals surface area contributed by atoms with Crippen LogP contribution < -0.4 is 17.3 Å². The number of rotatable bonds is 1. The van der Waals surface area contributed by atoms with Gasteiger partial charge in [0.05, 0.1) is 13.1 Å². The van der Waals surface area contributed by atoms with Crippen molar-refractivity contribution in [3.8, 4) is 11.8 Å². The fraction of sp³-hybridized carbons (Fsp3) is 0.556. The Labute approximate surface area is 130 Å². The zero-order valence-electron chi connectivity index (χ0n) is 12.9. The molecule has 1 fully saturated rings. The standard InChI is InChI=1S/C18H25N.ClH/c1-16-11-13-19(15-18(2,3)14-16)12-7-10-17-8-5-4-6-9-17;/h4-6,8-9,16H,11-15H2,1-3H3;1H. The highest BCUT2D eigenvalue weighted by Gasteiger charge is 2.30. The largest absolute Gasteiger partial charge is 1.00 e. The van der Waals surface area contributed by atoms with E-state index in [2.05, 4.69) is 44.7 Å². The fourth-order valence-corrected chi connectivity index (χ4v) is 3.28. The molecule has 0 saturated carbocycles. The van der Waals surface area contributed by atoms with Crippen LogP contribution in [-0.2, 0) is 0 Å². The van der Waals surface area contributed by atoms with Crippen molar-refractivity contribution in [3.63, 3.8) is 0 Å². The van der Waals surface area contributed by atoms with Gasteiger partial charge in [-0.2, -0.15) is 0 Å². The number of nitrogens with one attached hydrogen (secondary N) is 1. The van der Waals surface area contributed by atoms with Crippen LogP contribution in [0.15, 0.2) is 30.3 Å². The van der Waals surface area contributed by atoms with E-state index in [-0.39, 0.29) is 12.4 Å². The lowest BCUT2D eigenvalue weighted by Crippen LogP contribution is -3.12. The van der Waals surface area contributed by atoms with Crippen LogP contribution in [0.4, 0.5) is 0 Å². The summed E-state index contributed by atoms with van der Waals surface area (Å²) in [6, 6.07) is 10.3. The monoisotopic (exact) mass is 291 g/mol. The smallest absolute Gasteiger partial charge is 0.139 e. The molecule has 2 atom stereocenters. The Morgan fingerprint density at radius 2 is 1.95 bits per heavy atom. The Kier molecular flexibility index (Phi) is 6.59. The fourth-order valence-electron chi connectivity index (χ4n) is 3.28. The summed E-state index contributed by atoms with van der Waals surface area (Å²) in [6.45, 7) is 10.7. The van der Waals surface area contributed by atoms with E-state index in [1.54, 1.807) is 4.90 Å². The van der Waals surface area contributed by atoms with Crippen molar-refractivity contribution >= 4 is 0 Å². The van der Waals surface area contributed by atoms with E-state index in [1.165, 1.54) is 25.9 Å². The van der Waals surface area contributed by atoms with Crippen molar-refractivity contribution in [2.45, 2.75) is 33.6 Å². The van der Waals surface area contributed by atoms with Crippen LogP contribution in [0.5, 0.6) is 0 Å². The second-order valence-electron chi connectivity index (χ2n) is 6.78. The highest BCUT2D eigenvalue weighted by atomic mass is 35.5. The van der Waals surface area contributed by atoms with Gasteiger partial charge in [0.1, 0.15) is 6.54 Å². The topological polar surface area (TPSA) is 4.44 Å². The summed E-state index contributed by atoms with van der Waals surface area (Å²) in [7, 11) is 0. The maximum absolute atomic E-state index is 3.36. The molecular formula is C18H26ClN. The Balaban J connectivity index is 0.00000200. The average Bonchev–Trinajstić information content (AvgIpc) is 2.48. The van der Waals surface area contributed by atoms with Gasteiger partial charge < -0.3 is 17.3 Å². The number of halogens is 1. The van der Waals surface area contributed by atoms with Crippen molar-refractivity contribution in [1.82, 2.24) is 0 Å². The molecule has 1 aromatic carbocycles. The third-order valence-corrected chi connectivity index (χ3v) is 3.97.